The number of nitrogens with zero attached hydrogens (tertiary/aromatic N) is 4. The summed E-state index contributed by atoms with van der Waals surface area (Å²) in [6, 6.07) is 3.45. The number of aromatic nitrogens is 3. The number of nitrogens with two attached hydrogens (primary N) is 1. The van der Waals surface area contributed by atoms with Gasteiger partial charge in [0.2, 0.25) is 0 Å². The van der Waals surface area contributed by atoms with Crippen molar-refractivity contribution < 1.29 is 4.92 Å². The number of rotatable bonds is 5. The number of nitrogen functional groups attached to an aromatic ring is 1. The molecule has 0 saturated heterocycles. The van der Waals surface area contributed by atoms with E-state index >= 15 is 0 Å². The van der Waals surface area contributed by atoms with Gasteiger partial charge in [0, 0.05) is 11.9 Å². The summed E-state index contributed by atoms with van der Waals surface area (Å²) in [7, 11) is 0. The van der Waals surface area contributed by atoms with Crippen molar-refractivity contribution in [2.24, 2.45) is 0 Å². The minimum Gasteiger partial charge on any atom is -0.399 e. The van der Waals surface area contributed by atoms with Crippen LogP contribution in [0, 0.1) is 10.1 Å². The molecular weight excluding hydrogens is 258 g/mol. The third-order valence-electron chi connectivity index (χ3n) is 3.10. The second kappa shape index (κ2) is 5.68. The zero-order valence-corrected chi connectivity index (χ0v) is 11.5. The van der Waals surface area contributed by atoms with E-state index in [1.165, 1.54) is 0 Å². The van der Waals surface area contributed by atoms with Crippen LogP contribution in [-0.2, 0) is 19.4 Å². The van der Waals surface area contributed by atoms with Gasteiger partial charge in [-0.2, -0.15) is 5.10 Å². The van der Waals surface area contributed by atoms with E-state index in [0.717, 1.165) is 5.69 Å². The maximum atomic E-state index is 11.2. The van der Waals surface area contributed by atoms with Crippen molar-refractivity contribution in [3.8, 4) is 0 Å². The second-order valence-electron chi connectivity index (χ2n) is 4.44. The van der Waals surface area contributed by atoms with Gasteiger partial charge in [0.15, 0.2) is 0 Å². The lowest BCUT2D eigenvalue weighted by Crippen LogP contribution is -2.08. The number of pyridine rings is 1. The number of hydrogen-bond acceptors (Lipinski definition) is 5. The van der Waals surface area contributed by atoms with Gasteiger partial charge in [0.1, 0.15) is 11.4 Å². The van der Waals surface area contributed by atoms with Crippen LogP contribution in [0.3, 0.4) is 0 Å². The summed E-state index contributed by atoms with van der Waals surface area (Å²) < 4.78 is 1.65. The van der Waals surface area contributed by atoms with E-state index in [0.29, 0.717) is 36.5 Å². The molecule has 0 bridgehead atoms. The lowest BCUT2D eigenvalue weighted by Gasteiger charge is -2.05. The van der Waals surface area contributed by atoms with Crippen molar-refractivity contribution in [2.45, 2.75) is 33.2 Å². The molecule has 0 aliphatic heterocycles. The molecule has 0 radical (unpaired) electrons. The van der Waals surface area contributed by atoms with Crippen LogP contribution < -0.4 is 5.73 Å². The van der Waals surface area contributed by atoms with Crippen LogP contribution in [0.5, 0.6) is 0 Å². The van der Waals surface area contributed by atoms with E-state index in [2.05, 4.69) is 10.1 Å². The Balaban J connectivity index is 2.44. The molecule has 0 fully saturated rings. The molecule has 0 aromatic carbocycles. The quantitative estimate of drug-likeness (QED) is 0.664. The molecule has 106 valence electrons. The van der Waals surface area contributed by atoms with Gasteiger partial charge in [-0.05, 0) is 25.0 Å². The Kier molecular flexibility index (Phi) is 3.97. The van der Waals surface area contributed by atoms with Crippen molar-refractivity contribution in [1.29, 1.82) is 0 Å². The maximum absolute atomic E-state index is 11.2. The Labute approximate surface area is 116 Å². The summed E-state index contributed by atoms with van der Waals surface area (Å²) in [6.45, 7) is 4.12. The van der Waals surface area contributed by atoms with Gasteiger partial charge in [-0.3, -0.25) is 19.8 Å². The Morgan fingerprint density at radius 1 is 1.40 bits per heavy atom. The highest BCUT2D eigenvalue weighted by molar-refractivity contribution is 5.42. The highest BCUT2D eigenvalue weighted by Crippen LogP contribution is 2.25. The minimum absolute atomic E-state index is 0.124. The van der Waals surface area contributed by atoms with E-state index in [-0.39, 0.29) is 10.6 Å². The summed E-state index contributed by atoms with van der Waals surface area (Å²) in [4.78, 5) is 15.1. The summed E-state index contributed by atoms with van der Waals surface area (Å²) in [6.07, 6.45) is 2.70. The Hall–Kier alpha value is -2.44. The fraction of sp³-hybridized carbons (Fsp3) is 0.385. The molecule has 2 heterocycles. The van der Waals surface area contributed by atoms with E-state index in [4.69, 9.17) is 5.73 Å². The normalized spacial score (nSPS) is 10.7. The number of anilines is 1. The van der Waals surface area contributed by atoms with Crippen molar-refractivity contribution in [2.75, 3.05) is 5.73 Å². The molecule has 2 aromatic heterocycles. The van der Waals surface area contributed by atoms with Crippen LogP contribution in [-0.4, -0.2) is 19.7 Å². The third kappa shape index (κ3) is 2.61. The molecule has 0 unspecified atom stereocenters. The van der Waals surface area contributed by atoms with Crippen LogP contribution in [0.4, 0.5) is 11.4 Å². The largest absolute Gasteiger partial charge is 0.399 e. The van der Waals surface area contributed by atoms with Crippen molar-refractivity contribution in [1.82, 2.24) is 14.8 Å². The van der Waals surface area contributed by atoms with Gasteiger partial charge in [-0.1, -0.05) is 13.8 Å². The third-order valence-corrected chi connectivity index (χ3v) is 3.10. The second-order valence-corrected chi connectivity index (χ2v) is 4.44. The Morgan fingerprint density at radius 3 is 2.70 bits per heavy atom. The van der Waals surface area contributed by atoms with Crippen LogP contribution in [0.2, 0.25) is 0 Å². The van der Waals surface area contributed by atoms with Gasteiger partial charge in [0.05, 0.1) is 17.2 Å². The zero-order chi connectivity index (χ0) is 14.7. The molecule has 0 amide bonds. The van der Waals surface area contributed by atoms with Gasteiger partial charge in [-0.25, -0.2) is 0 Å². The molecule has 0 aliphatic carbocycles. The van der Waals surface area contributed by atoms with Crippen LogP contribution in [0.1, 0.15) is 30.9 Å². The summed E-state index contributed by atoms with van der Waals surface area (Å²) >= 11 is 0. The van der Waals surface area contributed by atoms with Crippen molar-refractivity contribution in [3.05, 3.63) is 45.5 Å². The predicted octanol–water partition coefficient (Wildman–Crippen LogP) is 1.94. The monoisotopic (exact) mass is 275 g/mol. The van der Waals surface area contributed by atoms with Gasteiger partial charge >= 0.3 is 5.69 Å². The fourth-order valence-electron chi connectivity index (χ4n) is 2.21. The lowest BCUT2D eigenvalue weighted by atomic mass is 10.2. The lowest BCUT2D eigenvalue weighted by molar-refractivity contribution is -0.386. The molecule has 0 aliphatic rings. The summed E-state index contributed by atoms with van der Waals surface area (Å²) in [5.41, 5.74) is 8.32. The van der Waals surface area contributed by atoms with Gasteiger partial charge in [0.25, 0.3) is 0 Å². The molecule has 0 spiro atoms. The number of hydrogen-bond donors (Lipinski definition) is 1. The first-order valence-electron chi connectivity index (χ1n) is 6.50. The van der Waals surface area contributed by atoms with Crippen LogP contribution in [0.15, 0.2) is 18.3 Å². The molecule has 7 nitrogen and oxygen atoms in total. The van der Waals surface area contributed by atoms with Crippen LogP contribution >= 0.6 is 0 Å². The van der Waals surface area contributed by atoms with Gasteiger partial charge < -0.3 is 5.73 Å². The zero-order valence-electron chi connectivity index (χ0n) is 11.5. The number of nitro groups is 1. The molecule has 2 aromatic rings. The fourth-order valence-corrected chi connectivity index (χ4v) is 2.21. The number of aryl methyl sites for hydroxylation is 1. The first kappa shape index (κ1) is 14.0. The van der Waals surface area contributed by atoms with E-state index in [9.17, 15) is 10.1 Å². The maximum Gasteiger partial charge on any atom is 0.313 e. The molecule has 2 rings (SSSR count). The highest BCUT2D eigenvalue weighted by Gasteiger charge is 2.25. The molecule has 20 heavy (non-hydrogen) atoms. The summed E-state index contributed by atoms with van der Waals surface area (Å²) in [5, 5.41) is 15.5. The first-order valence-corrected chi connectivity index (χ1v) is 6.50. The topological polar surface area (TPSA) is 99.9 Å². The van der Waals surface area contributed by atoms with Gasteiger partial charge in [-0.15, -0.1) is 0 Å². The molecule has 2 N–H and O–H groups in total. The van der Waals surface area contributed by atoms with E-state index in [1.807, 2.05) is 13.8 Å². The molecule has 7 heteroatoms. The SMILES string of the molecule is CCc1nn(Cc2cc(N)ccn2)c(CC)c1[N+](=O)[O-]. The van der Waals surface area contributed by atoms with Crippen LogP contribution in [0.25, 0.3) is 0 Å². The molecular formula is C13H17N5O2. The molecule has 0 atom stereocenters. The van der Waals surface area contributed by atoms with Crippen molar-refractivity contribution >= 4 is 11.4 Å². The molecule has 0 saturated carbocycles. The summed E-state index contributed by atoms with van der Waals surface area (Å²) in [5.74, 6) is 0. The van der Waals surface area contributed by atoms with E-state index < -0.39 is 0 Å². The first-order chi connectivity index (χ1) is 9.56. The Morgan fingerprint density at radius 2 is 2.15 bits per heavy atom. The average molecular weight is 275 g/mol. The highest BCUT2D eigenvalue weighted by atomic mass is 16.6. The standard InChI is InChI=1S/C13H17N5O2/c1-3-11-13(18(19)20)12(4-2)17(16-11)8-10-7-9(14)5-6-15-10/h5-7H,3-4,8H2,1-2H3,(H2,14,15). The smallest absolute Gasteiger partial charge is 0.313 e. The minimum atomic E-state index is -0.353. The van der Waals surface area contributed by atoms with E-state index in [1.54, 1.807) is 23.0 Å². The van der Waals surface area contributed by atoms with Crippen molar-refractivity contribution in [3.63, 3.8) is 0 Å². The average Bonchev–Trinajstić information content (AvgIpc) is 2.76. The Bertz CT molecular complexity index is 636. The predicted molar refractivity (Wildman–Crippen MR) is 75.4 cm³/mol.